The van der Waals surface area contributed by atoms with E-state index in [4.69, 9.17) is 11.6 Å². The van der Waals surface area contributed by atoms with Gasteiger partial charge in [-0.15, -0.1) is 0 Å². The van der Waals surface area contributed by atoms with Crippen LogP contribution in [0.25, 0.3) is 11.1 Å². The third kappa shape index (κ3) is 4.57. The Bertz CT molecular complexity index is 616. The van der Waals surface area contributed by atoms with Crippen LogP contribution in [-0.2, 0) is 6.42 Å². The number of hydrogen-bond donors (Lipinski definition) is 0. The van der Waals surface area contributed by atoms with E-state index in [9.17, 15) is 0 Å². The van der Waals surface area contributed by atoms with Crippen LogP contribution in [0.15, 0.2) is 48.5 Å². The minimum absolute atomic E-state index is 0.793. The fourth-order valence-corrected chi connectivity index (χ4v) is 3.34. The van der Waals surface area contributed by atoms with Crippen LogP contribution in [0.3, 0.4) is 0 Å². The second-order valence-electron chi connectivity index (χ2n) is 6.41. The van der Waals surface area contributed by atoms with Crippen molar-refractivity contribution in [3.05, 3.63) is 59.1 Å². The standard InChI is InChI=1S/C20H25ClN2/c1-22-13-15-23(16-14-22)12-4-6-17-5-2-3-7-20(17)18-8-10-19(21)11-9-18/h2-3,5,7-11H,4,6,12-16H2,1H3. The zero-order valence-corrected chi connectivity index (χ0v) is 14.6. The molecule has 122 valence electrons. The van der Waals surface area contributed by atoms with Crippen LogP contribution in [-0.4, -0.2) is 49.6 Å². The van der Waals surface area contributed by atoms with E-state index < -0.39 is 0 Å². The molecule has 0 bridgehead atoms. The highest BCUT2D eigenvalue weighted by Crippen LogP contribution is 2.26. The van der Waals surface area contributed by atoms with Crippen molar-refractivity contribution in [2.45, 2.75) is 12.8 Å². The Morgan fingerprint density at radius 1 is 0.913 bits per heavy atom. The summed E-state index contributed by atoms with van der Waals surface area (Å²) in [5.41, 5.74) is 4.02. The third-order valence-electron chi connectivity index (χ3n) is 4.69. The molecule has 0 unspecified atom stereocenters. The molecule has 0 atom stereocenters. The molecule has 1 heterocycles. The number of aryl methyl sites for hydroxylation is 1. The minimum atomic E-state index is 0.793. The van der Waals surface area contributed by atoms with Gasteiger partial charge < -0.3 is 9.80 Å². The first-order valence-corrected chi connectivity index (χ1v) is 8.85. The van der Waals surface area contributed by atoms with Crippen LogP contribution < -0.4 is 0 Å². The molecule has 0 spiro atoms. The summed E-state index contributed by atoms with van der Waals surface area (Å²) in [7, 11) is 2.21. The van der Waals surface area contributed by atoms with Crippen LogP contribution in [0.5, 0.6) is 0 Å². The van der Waals surface area contributed by atoms with E-state index in [2.05, 4.69) is 53.2 Å². The molecule has 1 fully saturated rings. The molecular formula is C20H25ClN2. The third-order valence-corrected chi connectivity index (χ3v) is 4.94. The zero-order chi connectivity index (χ0) is 16.1. The van der Waals surface area contributed by atoms with E-state index in [0.717, 1.165) is 11.4 Å². The highest BCUT2D eigenvalue weighted by atomic mass is 35.5. The summed E-state index contributed by atoms with van der Waals surface area (Å²) in [4.78, 5) is 5.00. The smallest absolute Gasteiger partial charge is 0.0406 e. The first-order valence-electron chi connectivity index (χ1n) is 8.47. The van der Waals surface area contributed by atoms with Crippen molar-refractivity contribution >= 4 is 11.6 Å². The lowest BCUT2D eigenvalue weighted by atomic mass is 9.96. The lowest BCUT2D eigenvalue weighted by molar-refractivity contribution is 0.153. The number of rotatable bonds is 5. The highest BCUT2D eigenvalue weighted by Gasteiger charge is 2.13. The predicted molar refractivity (Wildman–Crippen MR) is 99.1 cm³/mol. The van der Waals surface area contributed by atoms with E-state index >= 15 is 0 Å². The predicted octanol–water partition coefficient (Wildman–Crippen LogP) is 4.19. The normalized spacial score (nSPS) is 16.6. The molecule has 0 amide bonds. The first-order chi connectivity index (χ1) is 11.2. The second kappa shape index (κ2) is 7.96. The topological polar surface area (TPSA) is 6.48 Å². The highest BCUT2D eigenvalue weighted by molar-refractivity contribution is 6.30. The fourth-order valence-electron chi connectivity index (χ4n) is 3.21. The Labute approximate surface area is 144 Å². The Kier molecular flexibility index (Phi) is 5.71. The summed E-state index contributed by atoms with van der Waals surface area (Å²) < 4.78 is 0. The molecule has 0 saturated carbocycles. The molecule has 2 aromatic rings. The largest absolute Gasteiger partial charge is 0.304 e. The Hall–Kier alpha value is -1.35. The van der Waals surface area contributed by atoms with Crippen molar-refractivity contribution in [1.29, 1.82) is 0 Å². The Morgan fingerprint density at radius 3 is 2.35 bits per heavy atom. The van der Waals surface area contributed by atoms with Gasteiger partial charge in [0, 0.05) is 31.2 Å². The molecular weight excluding hydrogens is 304 g/mol. The quantitative estimate of drug-likeness (QED) is 0.812. The molecule has 0 aromatic heterocycles. The van der Waals surface area contributed by atoms with Crippen molar-refractivity contribution in [3.8, 4) is 11.1 Å². The van der Waals surface area contributed by atoms with Gasteiger partial charge in [0.1, 0.15) is 0 Å². The number of halogens is 1. The summed E-state index contributed by atoms with van der Waals surface area (Å²) in [6.45, 7) is 6.00. The number of hydrogen-bond acceptors (Lipinski definition) is 2. The summed E-state index contributed by atoms with van der Waals surface area (Å²) in [6, 6.07) is 16.9. The first kappa shape index (κ1) is 16.5. The lowest BCUT2D eigenvalue weighted by Gasteiger charge is -2.32. The van der Waals surface area contributed by atoms with Crippen LogP contribution in [0, 0.1) is 0 Å². The molecule has 1 aliphatic heterocycles. The van der Waals surface area contributed by atoms with Gasteiger partial charge in [0.05, 0.1) is 0 Å². The Morgan fingerprint density at radius 2 is 1.61 bits per heavy atom. The van der Waals surface area contributed by atoms with Gasteiger partial charge in [0.15, 0.2) is 0 Å². The molecule has 0 radical (unpaired) electrons. The van der Waals surface area contributed by atoms with Crippen molar-refractivity contribution in [2.24, 2.45) is 0 Å². The number of likely N-dealkylation sites (N-methyl/N-ethyl adjacent to an activating group) is 1. The van der Waals surface area contributed by atoms with Gasteiger partial charge in [-0.1, -0.05) is 48.0 Å². The second-order valence-corrected chi connectivity index (χ2v) is 6.85. The molecule has 3 rings (SSSR count). The summed E-state index contributed by atoms with van der Waals surface area (Å²) in [6.07, 6.45) is 2.35. The van der Waals surface area contributed by atoms with Gasteiger partial charge in [-0.3, -0.25) is 0 Å². The lowest BCUT2D eigenvalue weighted by Crippen LogP contribution is -2.44. The molecule has 1 saturated heterocycles. The van der Waals surface area contributed by atoms with Gasteiger partial charge in [-0.2, -0.15) is 0 Å². The maximum absolute atomic E-state index is 6.01. The SMILES string of the molecule is CN1CCN(CCCc2ccccc2-c2ccc(Cl)cc2)CC1. The molecule has 0 aliphatic carbocycles. The van der Waals surface area contributed by atoms with Crippen LogP contribution in [0.4, 0.5) is 0 Å². The zero-order valence-electron chi connectivity index (χ0n) is 13.8. The van der Waals surface area contributed by atoms with Crippen LogP contribution in [0.2, 0.25) is 5.02 Å². The van der Waals surface area contributed by atoms with E-state index in [-0.39, 0.29) is 0 Å². The average Bonchev–Trinajstić information content (AvgIpc) is 2.58. The van der Waals surface area contributed by atoms with E-state index in [1.807, 2.05) is 12.1 Å². The van der Waals surface area contributed by atoms with Gasteiger partial charge >= 0.3 is 0 Å². The van der Waals surface area contributed by atoms with E-state index in [0.29, 0.717) is 0 Å². The fraction of sp³-hybridized carbons (Fsp3) is 0.400. The van der Waals surface area contributed by atoms with Crippen molar-refractivity contribution in [1.82, 2.24) is 9.80 Å². The van der Waals surface area contributed by atoms with Gasteiger partial charge in [0.2, 0.25) is 0 Å². The van der Waals surface area contributed by atoms with E-state index in [1.165, 1.54) is 55.8 Å². The monoisotopic (exact) mass is 328 g/mol. The molecule has 0 N–H and O–H groups in total. The van der Waals surface area contributed by atoms with Crippen LogP contribution in [0.1, 0.15) is 12.0 Å². The maximum Gasteiger partial charge on any atom is 0.0406 e. The van der Waals surface area contributed by atoms with Crippen molar-refractivity contribution < 1.29 is 0 Å². The summed E-state index contributed by atoms with van der Waals surface area (Å²) in [5, 5.41) is 0.793. The maximum atomic E-state index is 6.01. The number of piperazine rings is 1. The Balaban J connectivity index is 1.61. The molecule has 23 heavy (non-hydrogen) atoms. The van der Waals surface area contributed by atoms with Gasteiger partial charge in [-0.25, -0.2) is 0 Å². The van der Waals surface area contributed by atoms with Gasteiger partial charge in [0.25, 0.3) is 0 Å². The van der Waals surface area contributed by atoms with Crippen LogP contribution >= 0.6 is 11.6 Å². The van der Waals surface area contributed by atoms with Crippen molar-refractivity contribution in [3.63, 3.8) is 0 Å². The molecule has 1 aliphatic rings. The average molecular weight is 329 g/mol. The van der Waals surface area contributed by atoms with E-state index in [1.54, 1.807) is 0 Å². The van der Waals surface area contributed by atoms with Gasteiger partial charge in [-0.05, 0) is 55.3 Å². The molecule has 2 nitrogen and oxygen atoms in total. The minimum Gasteiger partial charge on any atom is -0.304 e. The van der Waals surface area contributed by atoms with Crippen molar-refractivity contribution in [2.75, 3.05) is 39.8 Å². The molecule has 3 heteroatoms. The number of benzene rings is 2. The molecule has 2 aromatic carbocycles. The summed E-state index contributed by atoms with van der Waals surface area (Å²) in [5.74, 6) is 0. The summed E-state index contributed by atoms with van der Waals surface area (Å²) >= 11 is 6.01. The number of nitrogens with zero attached hydrogens (tertiary/aromatic N) is 2.